The van der Waals surface area contributed by atoms with E-state index in [1.54, 1.807) is 0 Å². The van der Waals surface area contributed by atoms with Gasteiger partial charge in [0.25, 0.3) is 0 Å². The van der Waals surface area contributed by atoms with Crippen molar-refractivity contribution in [3.05, 3.63) is 0 Å². The third-order valence-corrected chi connectivity index (χ3v) is 4.48. The van der Waals surface area contributed by atoms with Crippen molar-refractivity contribution in [2.75, 3.05) is 19.3 Å². The van der Waals surface area contributed by atoms with Crippen LogP contribution in [-0.2, 0) is 9.59 Å². The Morgan fingerprint density at radius 1 is 1.43 bits per heavy atom. The number of amides is 1. The number of carbonyl (C=O) groups excluding carboxylic acids is 2. The maximum absolute atomic E-state index is 11.5. The van der Waals surface area contributed by atoms with E-state index >= 15 is 0 Å². The van der Waals surface area contributed by atoms with Crippen molar-refractivity contribution in [1.29, 1.82) is 0 Å². The fourth-order valence-electron chi connectivity index (χ4n) is 1.83. The lowest BCUT2D eigenvalue weighted by molar-refractivity contribution is -0.139. The molecule has 0 bridgehead atoms. The molecule has 0 N–H and O–H groups in total. The Balaban J connectivity index is 1.92. The van der Waals surface area contributed by atoms with Gasteiger partial charge in [0.2, 0.25) is 5.91 Å². The van der Waals surface area contributed by atoms with Crippen LogP contribution in [0.15, 0.2) is 0 Å². The van der Waals surface area contributed by atoms with Crippen molar-refractivity contribution in [1.82, 2.24) is 4.90 Å². The Morgan fingerprint density at radius 3 is 2.64 bits per heavy atom. The molecule has 14 heavy (non-hydrogen) atoms. The summed E-state index contributed by atoms with van der Waals surface area (Å²) in [5.41, 5.74) is 0. The summed E-state index contributed by atoms with van der Waals surface area (Å²) in [6.45, 7) is 1.49. The molecule has 0 aromatic carbocycles. The number of piperidine rings is 1. The first kappa shape index (κ1) is 10.0. The fourth-order valence-corrected chi connectivity index (χ4v) is 2.63. The average Bonchev–Trinajstić information content (AvgIpc) is 2.91. The number of ketones is 1. The highest BCUT2D eigenvalue weighted by Gasteiger charge is 2.44. The molecule has 3 nitrogen and oxygen atoms in total. The van der Waals surface area contributed by atoms with Crippen LogP contribution in [0.3, 0.4) is 0 Å². The van der Waals surface area contributed by atoms with Gasteiger partial charge in [-0.3, -0.25) is 9.59 Å². The lowest BCUT2D eigenvalue weighted by Gasteiger charge is -2.29. The van der Waals surface area contributed by atoms with Crippen molar-refractivity contribution in [2.45, 2.75) is 30.4 Å². The van der Waals surface area contributed by atoms with Crippen LogP contribution >= 0.6 is 11.8 Å². The number of hydrogen-bond donors (Lipinski definition) is 0. The summed E-state index contributed by atoms with van der Waals surface area (Å²) in [6.07, 6.45) is 5.21. The molecule has 0 atom stereocenters. The molecule has 4 heteroatoms. The van der Waals surface area contributed by atoms with Gasteiger partial charge in [0.15, 0.2) is 0 Å². The van der Waals surface area contributed by atoms with Gasteiger partial charge in [0.05, 0.1) is 6.42 Å². The molecular formula is C10H15NO2S. The summed E-state index contributed by atoms with van der Waals surface area (Å²) in [6, 6.07) is 0. The Labute approximate surface area is 88.2 Å². The molecule has 2 rings (SSSR count). The largest absolute Gasteiger partial charge is 0.340 e. The highest BCUT2D eigenvalue weighted by molar-refractivity contribution is 8.00. The molecule has 0 aromatic heterocycles. The van der Waals surface area contributed by atoms with Gasteiger partial charge >= 0.3 is 0 Å². The summed E-state index contributed by atoms with van der Waals surface area (Å²) >= 11 is 1.86. The molecule has 1 heterocycles. The molecule has 2 fully saturated rings. The van der Waals surface area contributed by atoms with Crippen molar-refractivity contribution < 1.29 is 9.59 Å². The Morgan fingerprint density at radius 2 is 2.14 bits per heavy atom. The Bertz CT molecular complexity index is 273. The van der Waals surface area contributed by atoms with E-state index in [1.807, 2.05) is 16.7 Å². The van der Waals surface area contributed by atoms with E-state index in [-0.39, 0.29) is 18.1 Å². The molecule has 1 saturated heterocycles. The van der Waals surface area contributed by atoms with E-state index in [2.05, 4.69) is 6.26 Å². The van der Waals surface area contributed by atoms with E-state index in [0.717, 1.165) is 6.54 Å². The molecule has 1 amide bonds. The number of hydrogen-bond acceptors (Lipinski definition) is 3. The van der Waals surface area contributed by atoms with Crippen LogP contribution in [0.1, 0.15) is 25.7 Å². The van der Waals surface area contributed by atoms with Crippen LogP contribution in [0.2, 0.25) is 0 Å². The van der Waals surface area contributed by atoms with Gasteiger partial charge in [-0.2, -0.15) is 11.8 Å². The second-order valence-corrected chi connectivity index (χ2v) is 5.44. The fraction of sp³-hybridized carbons (Fsp3) is 0.800. The van der Waals surface area contributed by atoms with Crippen LogP contribution in [-0.4, -0.2) is 40.7 Å². The molecule has 0 radical (unpaired) electrons. The monoisotopic (exact) mass is 213 g/mol. The van der Waals surface area contributed by atoms with Crippen LogP contribution in [0, 0.1) is 0 Å². The molecule has 1 saturated carbocycles. The summed E-state index contributed by atoms with van der Waals surface area (Å²) in [4.78, 5) is 24.4. The number of carbonyl (C=O) groups is 2. The summed E-state index contributed by atoms with van der Waals surface area (Å²) in [7, 11) is 0. The Kier molecular flexibility index (Phi) is 2.56. The first-order valence-corrected chi connectivity index (χ1v) is 6.22. The topological polar surface area (TPSA) is 37.4 Å². The third kappa shape index (κ3) is 1.95. The van der Waals surface area contributed by atoms with E-state index < -0.39 is 0 Å². The van der Waals surface area contributed by atoms with Crippen molar-refractivity contribution >= 4 is 23.5 Å². The molecule has 1 aliphatic carbocycles. The molecule has 0 spiro atoms. The quantitative estimate of drug-likeness (QED) is 0.658. The first-order chi connectivity index (χ1) is 6.65. The smallest absolute Gasteiger partial charge is 0.230 e. The average molecular weight is 213 g/mol. The zero-order valence-corrected chi connectivity index (χ0v) is 9.23. The molecule has 2 aliphatic rings. The SMILES string of the molecule is CSC1(CN2CCC(=O)CC2=O)CC1. The number of thioether (sulfide) groups is 1. The molecule has 1 aliphatic heterocycles. The standard InChI is InChI=1S/C10H15NO2S/c1-14-10(3-4-10)7-11-5-2-8(12)6-9(11)13/h2-7H2,1H3. The number of nitrogens with zero attached hydrogens (tertiary/aromatic N) is 1. The van der Waals surface area contributed by atoms with Crippen LogP contribution in [0.5, 0.6) is 0 Å². The normalized spacial score (nSPS) is 25.4. The zero-order valence-electron chi connectivity index (χ0n) is 8.41. The van der Waals surface area contributed by atoms with Gasteiger partial charge in [0.1, 0.15) is 5.78 Å². The molecule has 0 aromatic rings. The van der Waals surface area contributed by atoms with E-state index in [9.17, 15) is 9.59 Å². The second kappa shape index (κ2) is 3.57. The minimum Gasteiger partial charge on any atom is -0.340 e. The van der Waals surface area contributed by atoms with E-state index in [0.29, 0.717) is 17.7 Å². The van der Waals surface area contributed by atoms with Crippen LogP contribution < -0.4 is 0 Å². The van der Waals surface area contributed by atoms with Crippen molar-refractivity contribution in [3.8, 4) is 0 Å². The van der Waals surface area contributed by atoms with Crippen molar-refractivity contribution in [3.63, 3.8) is 0 Å². The van der Waals surface area contributed by atoms with Crippen molar-refractivity contribution in [2.24, 2.45) is 0 Å². The van der Waals surface area contributed by atoms with Crippen LogP contribution in [0.4, 0.5) is 0 Å². The summed E-state index contributed by atoms with van der Waals surface area (Å²) in [5, 5.41) is 0. The molecule has 78 valence electrons. The van der Waals surface area contributed by atoms with Gasteiger partial charge in [0, 0.05) is 24.3 Å². The first-order valence-electron chi connectivity index (χ1n) is 5.00. The maximum Gasteiger partial charge on any atom is 0.230 e. The predicted molar refractivity (Wildman–Crippen MR) is 56.3 cm³/mol. The van der Waals surface area contributed by atoms with Gasteiger partial charge in [-0.1, -0.05) is 0 Å². The predicted octanol–water partition coefficient (Wildman–Crippen LogP) is 1.07. The molecular weight excluding hydrogens is 198 g/mol. The number of likely N-dealkylation sites (tertiary alicyclic amines) is 1. The second-order valence-electron chi connectivity index (χ2n) is 4.17. The van der Waals surface area contributed by atoms with Gasteiger partial charge in [-0.25, -0.2) is 0 Å². The number of rotatable bonds is 3. The maximum atomic E-state index is 11.5. The highest BCUT2D eigenvalue weighted by Crippen LogP contribution is 2.47. The third-order valence-electron chi connectivity index (χ3n) is 3.08. The Hall–Kier alpha value is -0.510. The molecule has 0 unspecified atom stereocenters. The van der Waals surface area contributed by atoms with E-state index in [4.69, 9.17) is 0 Å². The minimum absolute atomic E-state index is 0.0292. The van der Waals surface area contributed by atoms with Gasteiger partial charge in [-0.05, 0) is 19.1 Å². The highest BCUT2D eigenvalue weighted by atomic mass is 32.2. The lowest BCUT2D eigenvalue weighted by atomic mass is 10.1. The van der Waals surface area contributed by atoms with Gasteiger partial charge in [-0.15, -0.1) is 0 Å². The zero-order chi connectivity index (χ0) is 10.2. The van der Waals surface area contributed by atoms with Crippen LogP contribution in [0.25, 0.3) is 0 Å². The van der Waals surface area contributed by atoms with Gasteiger partial charge < -0.3 is 4.90 Å². The lowest BCUT2D eigenvalue weighted by Crippen LogP contribution is -2.43. The van der Waals surface area contributed by atoms with E-state index in [1.165, 1.54) is 12.8 Å². The summed E-state index contributed by atoms with van der Waals surface area (Å²) in [5.74, 6) is 0.127. The number of Topliss-reactive ketones (excluding diaryl/α,β-unsaturated/α-hetero) is 1. The summed E-state index contributed by atoms with van der Waals surface area (Å²) < 4.78 is 0.329. The minimum atomic E-state index is 0.0292.